The lowest BCUT2D eigenvalue weighted by Gasteiger charge is -2.17. The first-order valence-electron chi connectivity index (χ1n) is 9.77. The van der Waals surface area contributed by atoms with Crippen molar-refractivity contribution in [1.82, 2.24) is 9.55 Å². The van der Waals surface area contributed by atoms with E-state index in [2.05, 4.69) is 63.6 Å². The lowest BCUT2D eigenvalue weighted by molar-refractivity contribution is 0.227. The summed E-state index contributed by atoms with van der Waals surface area (Å²) in [6.45, 7) is 12.6. The van der Waals surface area contributed by atoms with E-state index in [4.69, 9.17) is 9.72 Å². The van der Waals surface area contributed by atoms with E-state index < -0.39 is 0 Å². The van der Waals surface area contributed by atoms with Crippen LogP contribution in [0.4, 0.5) is 0 Å². The molecule has 1 aromatic carbocycles. The second-order valence-electron chi connectivity index (χ2n) is 7.44. The van der Waals surface area contributed by atoms with E-state index in [1.54, 1.807) is 0 Å². The van der Waals surface area contributed by atoms with Crippen molar-refractivity contribution >= 4 is 10.9 Å². The highest BCUT2D eigenvalue weighted by atomic mass is 16.5. The van der Waals surface area contributed by atoms with Gasteiger partial charge in [0.15, 0.2) is 0 Å². The summed E-state index contributed by atoms with van der Waals surface area (Å²) in [6, 6.07) is 6.51. The van der Waals surface area contributed by atoms with Crippen LogP contribution in [0.5, 0.6) is 11.6 Å². The van der Waals surface area contributed by atoms with Gasteiger partial charge in [-0.2, -0.15) is 0 Å². The van der Waals surface area contributed by atoms with Gasteiger partial charge in [-0.3, -0.25) is 0 Å². The predicted octanol–water partition coefficient (Wildman–Crippen LogP) is 5.57. The van der Waals surface area contributed by atoms with E-state index in [0.717, 1.165) is 51.9 Å². The van der Waals surface area contributed by atoms with Crippen LogP contribution in [0.2, 0.25) is 0 Å². The number of hydrogen-bond acceptors (Lipinski definition) is 3. The Labute approximate surface area is 161 Å². The molecule has 144 valence electrons. The summed E-state index contributed by atoms with van der Waals surface area (Å²) in [5.41, 5.74) is 6.65. The molecule has 3 rings (SSSR count). The van der Waals surface area contributed by atoms with Gasteiger partial charge in [-0.15, -0.1) is 0 Å². The zero-order valence-electron chi connectivity index (χ0n) is 17.3. The van der Waals surface area contributed by atoms with Crippen LogP contribution in [0.25, 0.3) is 10.9 Å². The maximum absolute atomic E-state index is 9.78. The second kappa shape index (κ2) is 7.73. The number of aryl methyl sites for hydroxylation is 5. The number of pyridine rings is 1. The Morgan fingerprint density at radius 1 is 1.04 bits per heavy atom. The summed E-state index contributed by atoms with van der Waals surface area (Å²) in [5, 5.41) is 10.8. The molecular weight excluding hydrogens is 336 g/mol. The number of nitrogens with zero attached hydrogens (tertiary/aromatic N) is 2. The highest BCUT2D eigenvalue weighted by molar-refractivity contribution is 5.89. The maximum atomic E-state index is 9.78. The summed E-state index contributed by atoms with van der Waals surface area (Å²) in [4.78, 5) is 4.71. The first-order valence-corrected chi connectivity index (χ1v) is 9.77. The molecule has 0 saturated carbocycles. The molecule has 1 N–H and O–H groups in total. The van der Waals surface area contributed by atoms with Gasteiger partial charge < -0.3 is 14.4 Å². The van der Waals surface area contributed by atoms with Crippen molar-refractivity contribution in [2.45, 2.75) is 60.4 Å². The summed E-state index contributed by atoms with van der Waals surface area (Å²) in [5.74, 6) is 1.53. The van der Waals surface area contributed by atoms with E-state index in [1.165, 1.54) is 5.56 Å². The van der Waals surface area contributed by atoms with Crippen molar-refractivity contribution in [1.29, 1.82) is 0 Å². The molecule has 0 aliphatic heterocycles. The molecule has 0 fully saturated rings. The predicted molar refractivity (Wildman–Crippen MR) is 111 cm³/mol. The van der Waals surface area contributed by atoms with Crippen molar-refractivity contribution < 1.29 is 9.84 Å². The summed E-state index contributed by atoms with van der Waals surface area (Å²) in [7, 11) is 0. The van der Waals surface area contributed by atoms with Crippen molar-refractivity contribution in [2.75, 3.05) is 6.61 Å². The Kier molecular flexibility index (Phi) is 5.56. The van der Waals surface area contributed by atoms with Crippen molar-refractivity contribution in [3.05, 3.63) is 52.3 Å². The minimum atomic E-state index is 0.0585. The average Bonchev–Trinajstić information content (AvgIpc) is 2.95. The molecular formula is C23H30N2O2. The minimum absolute atomic E-state index is 0.0585. The fraction of sp³-hybridized carbons (Fsp3) is 0.435. The lowest BCUT2D eigenvalue weighted by atomic mass is 10.0. The molecule has 4 heteroatoms. The Morgan fingerprint density at radius 3 is 2.26 bits per heavy atom. The third kappa shape index (κ3) is 3.59. The number of benzene rings is 1. The van der Waals surface area contributed by atoms with Crippen LogP contribution in [-0.4, -0.2) is 21.3 Å². The molecule has 1 atom stereocenters. The minimum Gasteiger partial charge on any atom is -0.438 e. The van der Waals surface area contributed by atoms with Crippen molar-refractivity contribution in [3.63, 3.8) is 0 Å². The standard InChI is InChI=1S/C23H30N2O2/c1-7-18-9-14(3)22(15(4)10-18)27-23-21-16(5)12-25(19(8-2)13-26)20(21)11-17(6)24-23/h9-12,19,26H,7-8,13H2,1-6H3. The van der Waals surface area contributed by atoms with E-state index in [9.17, 15) is 5.11 Å². The summed E-state index contributed by atoms with van der Waals surface area (Å²) < 4.78 is 8.55. The Balaban J connectivity index is 2.16. The van der Waals surface area contributed by atoms with Crippen LogP contribution in [0.1, 0.15) is 54.3 Å². The fourth-order valence-electron chi connectivity index (χ4n) is 3.84. The molecule has 0 radical (unpaired) electrons. The van der Waals surface area contributed by atoms with Gasteiger partial charge >= 0.3 is 0 Å². The van der Waals surface area contributed by atoms with Crippen molar-refractivity contribution in [3.8, 4) is 11.6 Å². The van der Waals surface area contributed by atoms with E-state index in [-0.39, 0.29) is 12.6 Å². The van der Waals surface area contributed by atoms with E-state index in [0.29, 0.717) is 5.88 Å². The monoisotopic (exact) mass is 366 g/mol. The van der Waals surface area contributed by atoms with Crippen LogP contribution >= 0.6 is 0 Å². The van der Waals surface area contributed by atoms with Crippen LogP contribution in [0.3, 0.4) is 0 Å². The number of aliphatic hydroxyl groups excluding tert-OH is 1. The molecule has 0 aliphatic carbocycles. The molecule has 4 nitrogen and oxygen atoms in total. The zero-order valence-corrected chi connectivity index (χ0v) is 17.3. The van der Waals surface area contributed by atoms with Crippen LogP contribution in [0, 0.1) is 27.7 Å². The van der Waals surface area contributed by atoms with E-state index in [1.807, 2.05) is 6.92 Å². The molecule has 2 aromatic heterocycles. The third-order valence-corrected chi connectivity index (χ3v) is 5.30. The lowest BCUT2D eigenvalue weighted by Crippen LogP contribution is -2.11. The average molecular weight is 367 g/mol. The Bertz CT molecular complexity index is 945. The summed E-state index contributed by atoms with van der Waals surface area (Å²) >= 11 is 0. The molecule has 2 heterocycles. The summed E-state index contributed by atoms with van der Waals surface area (Å²) in [6.07, 6.45) is 3.98. The zero-order chi connectivity index (χ0) is 19.7. The highest BCUT2D eigenvalue weighted by Gasteiger charge is 2.19. The topological polar surface area (TPSA) is 47.3 Å². The van der Waals surface area contributed by atoms with Gasteiger partial charge in [0, 0.05) is 11.9 Å². The Hall–Kier alpha value is -2.33. The normalized spacial score (nSPS) is 12.6. The van der Waals surface area contributed by atoms with Gasteiger partial charge in [0.25, 0.3) is 0 Å². The van der Waals surface area contributed by atoms with Gasteiger partial charge in [-0.05, 0) is 68.9 Å². The van der Waals surface area contributed by atoms with Crippen molar-refractivity contribution in [2.24, 2.45) is 0 Å². The number of fused-ring (bicyclic) bond motifs is 1. The number of rotatable bonds is 6. The number of hydrogen-bond donors (Lipinski definition) is 1. The smallest absolute Gasteiger partial charge is 0.229 e. The van der Waals surface area contributed by atoms with Crippen LogP contribution < -0.4 is 4.74 Å². The van der Waals surface area contributed by atoms with Gasteiger partial charge in [0.2, 0.25) is 5.88 Å². The second-order valence-corrected chi connectivity index (χ2v) is 7.44. The van der Waals surface area contributed by atoms with Gasteiger partial charge in [0.05, 0.1) is 23.6 Å². The third-order valence-electron chi connectivity index (χ3n) is 5.30. The van der Waals surface area contributed by atoms with Crippen LogP contribution in [-0.2, 0) is 6.42 Å². The molecule has 0 spiro atoms. The fourth-order valence-corrected chi connectivity index (χ4v) is 3.84. The number of aliphatic hydroxyl groups is 1. The largest absolute Gasteiger partial charge is 0.438 e. The molecule has 0 amide bonds. The van der Waals surface area contributed by atoms with E-state index >= 15 is 0 Å². The quantitative estimate of drug-likeness (QED) is 0.620. The number of aromatic nitrogens is 2. The molecule has 3 aromatic rings. The molecule has 1 unspecified atom stereocenters. The van der Waals surface area contributed by atoms with Crippen LogP contribution in [0.15, 0.2) is 24.4 Å². The maximum Gasteiger partial charge on any atom is 0.229 e. The first-order chi connectivity index (χ1) is 12.9. The Morgan fingerprint density at radius 2 is 1.70 bits per heavy atom. The van der Waals surface area contributed by atoms with Gasteiger partial charge in [0.1, 0.15) is 5.75 Å². The molecule has 0 bridgehead atoms. The number of ether oxygens (including phenoxy) is 1. The van der Waals surface area contributed by atoms with Gasteiger partial charge in [-0.1, -0.05) is 26.0 Å². The molecule has 0 aliphatic rings. The first kappa shape index (κ1) is 19.4. The highest BCUT2D eigenvalue weighted by Crippen LogP contribution is 2.37. The molecule has 0 saturated heterocycles. The SMILES string of the molecule is CCc1cc(C)c(Oc2nc(C)cc3c2c(C)cn3C(CC)CO)c(C)c1. The molecule has 27 heavy (non-hydrogen) atoms. The van der Waals surface area contributed by atoms with Gasteiger partial charge in [-0.25, -0.2) is 4.98 Å².